The van der Waals surface area contributed by atoms with Crippen LogP contribution in [0.5, 0.6) is 6.01 Å². The average molecular weight is 610 g/mol. The molecule has 1 atom stereocenters. The monoisotopic (exact) mass is 609 g/mol. The predicted octanol–water partition coefficient (Wildman–Crippen LogP) is 4.92. The van der Waals surface area contributed by atoms with E-state index in [1.807, 2.05) is 0 Å². The van der Waals surface area contributed by atoms with E-state index in [-0.39, 0.29) is 18.5 Å². The van der Waals surface area contributed by atoms with Crippen molar-refractivity contribution in [3.8, 4) is 12.1 Å². The molecule has 3 fully saturated rings. The third-order valence-electron chi connectivity index (χ3n) is 10.3. The van der Waals surface area contributed by atoms with Crippen molar-refractivity contribution in [3.63, 3.8) is 0 Å². The topological polar surface area (TPSA) is 88.8 Å². The van der Waals surface area contributed by atoms with Gasteiger partial charge in [0.1, 0.15) is 12.4 Å². The lowest BCUT2D eigenvalue weighted by Crippen LogP contribution is -2.55. The van der Waals surface area contributed by atoms with Crippen molar-refractivity contribution in [2.75, 3.05) is 55.7 Å². The standard InChI is InChI=1S/C35H40FN7O2/c1-24-7-3-8-26-9-4-10-30(31(24)26)40-18-12-28-29(22-40)38-34(45-23-35-13-5-16-42(35)17-6-14-35)39-32(28)41-19-20-43(33(44)25(2)36)27(21-41)11-15-37/h3-4,7-10,27H,2,5-6,11-14,16-23H2,1H3/t27-/m0/s1. The van der Waals surface area contributed by atoms with Crippen LogP contribution in [0, 0.1) is 18.3 Å². The quantitative estimate of drug-likeness (QED) is 0.349. The summed E-state index contributed by atoms with van der Waals surface area (Å²) in [6.07, 6.45) is 5.48. The molecule has 5 heterocycles. The first-order chi connectivity index (χ1) is 21.9. The minimum atomic E-state index is -1.00. The summed E-state index contributed by atoms with van der Waals surface area (Å²) in [6.45, 7) is 10.7. The van der Waals surface area contributed by atoms with E-state index in [1.165, 1.54) is 39.8 Å². The van der Waals surface area contributed by atoms with Gasteiger partial charge in [0.25, 0.3) is 5.91 Å². The van der Waals surface area contributed by atoms with Gasteiger partial charge in [0.2, 0.25) is 0 Å². The fourth-order valence-electron chi connectivity index (χ4n) is 8.10. The van der Waals surface area contributed by atoms with Crippen LogP contribution in [0.25, 0.3) is 10.8 Å². The van der Waals surface area contributed by atoms with Crippen LogP contribution in [0.2, 0.25) is 0 Å². The summed E-state index contributed by atoms with van der Waals surface area (Å²) in [4.78, 5) is 31.2. The van der Waals surface area contributed by atoms with Gasteiger partial charge in [-0.3, -0.25) is 9.69 Å². The molecular weight excluding hydrogens is 569 g/mol. The Morgan fingerprint density at radius 2 is 1.87 bits per heavy atom. The number of hydrogen-bond donors (Lipinski definition) is 0. The number of rotatable bonds is 7. The van der Waals surface area contributed by atoms with E-state index in [1.54, 1.807) is 0 Å². The van der Waals surface area contributed by atoms with Gasteiger partial charge in [-0.2, -0.15) is 15.2 Å². The number of anilines is 2. The number of nitrogens with zero attached hydrogens (tertiary/aromatic N) is 7. The maximum atomic E-state index is 13.9. The highest BCUT2D eigenvalue weighted by Crippen LogP contribution is 2.40. The van der Waals surface area contributed by atoms with Gasteiger partial charge in [-0.1, -0.05) is 36.9 Å². The minimum absolute atomic E-state index is 0.0601. The van der Waals surface area contributed by atoms with Gasteiger partial charge in [-0.15, -0.1) is 0 Å². The van der Waals surface area contributed by atoms with Crippen LogP contribution >= 0.6 is 0 Å². The molecule has 0 N–H and O–H groups in total. The van der Waals surface area contributed by atoms with Gasteiger partial charge in [-0.05, 0) is 69.1 Å². The maximum Gasteiger partial charge on any atom is 0.318 e. The molecule has 0 bridgehead atoms. The van der Waals surface area contributed by atoms with E-state index < -0.39 is 17.8 Å². The summed E-state index contributed by atoms with van der Waals surface area (Å²) in [5.74, 6) is -0.954. The second-order valence-corrected chi connectivity index (χ2v) is 12.9. The van der Waals surface area contributed by atoms with Gasteiger partial charge < -0.3 is 19.4 Å². The Morgan fingerprint density at radius 3 is 2.62 bits per heavy atom. The number of aryl methyl sites for hydroxylation is 1. The number of halogens is 1. The Bertz CT molecular complexity index is 1670. The highest BCUT2D eigenvalue weighted by atomic mass is 19.1. The number of benzene rings is 2. The molecule has 234 valence electrons. The second-order valence-electron chi connectivity index (χ2n) is 12.9. The Balaban J connectivity index is 1.23. The fraction of sp³-hybridized carbons (Fsp3) is 0.486. The molecule has 45 heavy (non-hydrogen) atoms. The molecule has 7 rings (SSSR count). The summed E-state index contributed by atoms with van der Waals surface area (Å²) in [6, 6.07) is 15.0. The zero-order chi connectivity index (χ0) is 31.1. The number of ether oxygens (including phenoxy) is 1. The number of amides is 1. The number of hydrogen-bond acceptors (Lipinski definition) is 8. The lowest BCUT2D eigenvalue weighted by Gasteiger charge is -2.42. The molecule has 1 aromatic heterocycles. The predicted molar refractivity (Wildman–Crippen MR) is 172 cm³/mol. The Morgan fingerprint density at radius 1 is 1.09 bits per heavy atom. The van der Waals surface area contributed by atoms with E-state index in [0.29, 0.717) is 32.3 Å². The van der Waals surface area contributed by atoms with Gasteiger partial charge in [0, 0.05) is 42.8 Å². The van der Waals surface area contributed by atoms with E-state index >= 15 is 0 Å². The average Bonchev–Trinajstić information content (AvgIpc) is 3.63. The van der Waals surface area contributed by atoms with Gasteiger partial charge in [0.15, 0.2) is 5.83 Å². The number of carbonyl (C=O) groups is 1. The normalized spacial score (nSPS) is 21.0. The van der Waals surface area contributed by atoms with Gasteiger partial charge >= 0.3 is 6.01 Å². The van der Waals surface area contributed by atoms with Crippen molar-refractivity contribution in [1.82, 2.24) is 19.8 Å². The van der Waals surface area contributed by atoms with Crippen molar-refractivity contribution in [2.24, 2.45) is 0 Å². The van der Waals surface area contributed by atoms with Crippen LogP contribution in [0.15, 0.2) is 48.8 Å². The van der Waals surface area contributed by atoms with Crippen LogP contribution in [-0.2, 0) is 17.8 Å². The SMILES string of the molecule is C=C(F)C(=O)N1CCN(c2nc(OCC34CCCN3CCC4)nc3c2CCN(c2cccc4cccc(C)c24)C3)C[C@@H]1CC#N. The molecule has 0 spiro atoms. The number of nitriles is 1. The summed E-state index contributed by atoms with van der Waals surface area (Å²) in [5, 5.41) is 12.0. The van der Waals surface area contributed by atoms with Crippen molar-refractivity contribution in [1.29, 1.82) is 5.26 Å². The highest BCUT2D eigenvalue weighted by molar-refractivity contribution is 5.97. The summed E-state index contributed by atoms with van der Waals surface area (Å²) >= 11 is 0. The van der Waals surface area contributed by atoms with Crippen molar-refractivity contribution >= 4 is 28.2 Å². The van der Waals surface area contributed by atoms with E-state index in [2.05, 4.69) is 70.7 Å². The van der Waals surface area contributed by atoms with Gasteiger partial charge in [-0.25, -0.2) is 4.39 Å². The molecule has 4 aliphatic heterocycles. The molecule has 3 aromatic rings. The number of aromatic nitrogens is 2. The molecule has 1 amide bonds. The number of fused-ring (bicyclic) bond motifs is 3. The van der Waals surface area contributed by atoms with E-state index in [4.69, 9.17) is 14.7 Å². The maximum absolute atomic E-state index is 13.9. The number of carbonyl (C=O) groups excluding carboxylic acids is 1. The molecule has 3 saturated heterocycles. The summed E-state index contributed by atoms with van der Waals surface area (Å²) in [5.41, 5.74) is 4.50. The van der Waals surface area contributed by atoms with Crippen molar-refractivity contribution in [3.05, 3.63) is 65.6 Å². The molecule has 2 aromatic carbocycles. The zero-order valence-electron chi connectivity index (χ0n) is 26.0. The lowest BCUT2D eigenvalue weighted by atomic mass is 9.95. The first-order valence-electron chi connectivity index (χ1n) is 16.1. The highest BCUT2D eigenvalue weighted by Gasteiger charge is 2.45. The Labute approximate surface area is 263 Å². The first-order valence-corrected chi connectivity index (χ1v) is 16.1. The molecule has 0 radical (unpaired) electrons. The zero-order valence-corrected chi connectivity index (χ0v) is 26.0. The molecule has 10 heteroatoms. The van der Waals surface area contributed by atoms with Crippen LogP contribution in [0.4, 0.5) is 15.9 Å². The van der Waals surface area contributed by atoms with Crippen LogP contribution in [0.1, 0.15) is 48.9 Å². The molecule has 0 aliphatic carbocycles. The van der Waals surface area contributed by atoms with Crippen LogP contribution in [0.3, 0.4) is 0 Å². The molecular formula is C35H40FN7O2. The van der Waals surface area contributed by atoms with E-state index in [0.717, 1.165) is 56.0 Å². The van der Waals surface area contributed by atoms with Crippen molar-refractivity contribution in [2.45, 2.75) is 63.6 Å². The smallest absolute Gasteiger partial charge is 0.318 e. The third kappa shape index (κ3) is 5.37. The van der Waals surface area contributed by atoms with Crippen LogP contribution < -0.4 is 14.5 Å². The van der Waals surface area contributed by atoms with Crippen LogP contribution in [-0.4, -0.2) is 83.1 Å². The largest absolute Gasteiger partial charge is 0.461 e. The summed E-state index contributed by atoms with van der Waals surface area (Å²) in [7, 11) is 0. The Hall–Kier alpha value is -4.23. The summed E-state index contributed by atoms with van der Waals surface area (Å²) < 4.78 is 20.4. The third-order valence-corrected chi connectivity index (χ3v) is 10.3. The Kier molecular flexibility index (Phi) is 7.82. The lowest BCUT2D eigenvalue weighted by molar-refractivity contribution is -0.131. The molecule has 0 saturated carbocycles. The first kappa shape index (κ1) is 29.5. The number of piperazine rings is 1. The van der Waals surface area contributed by atoms with Gasteiger partial charge in [0.05, 0.1) is 36.3 Å². The van der Waals surface area contributed by atoms with Crippen molar-refractivity contribution < 1.29 is 13.9 Å². The fourth-order valence-corrected chi connectivity index (χ4v) is 8.10. The molecule has 0 unspecified atom stereocenters. The minimum Gasteiger partial charge on any atom is -0.461 e. The second kappa shape index (κ2) is 11.9. The van der Waals surface area contributed by atoms with E-state index in [9.17, 15) is 14.4 Å². The molecule has 9 nitrogen and oxygen atoms in total. The molecule has 4 aliphatic rings.